The number of hydrogen-bond acceptors (Lipinski definition) is 6. The van der Waals surface area contributed by atoms with Gasteiger partial charge in [0.05, 0.1) is 17.9 Å². The quantitative estimate of drug-likeness (QED) is 0.674. The summed E-state index contributed by atoms with van der Waals surface area (Å²) in [6.45, 7) is 0.493. The Labute approximate surface area is 174 Å². The van der Waals surface area contributed by atoms with Crippen LogP contribution < -0.4 is 5.32 Å². The summed E-state index contributed by atoms with van der Waals surface area (Å²) in [7, 11) is -2.40. The van der Waals surface area contributed by atoms with Gasteiger partial charge in [0.1, 0.15) is 0 Å². The fourth-order valence-electron chi connectivity index (χ4n) is 3.30. The number of esters is 1. The van der Waals surface area contributed by atoms with E-state index in [1.54, 1.807) is 23.5 Å². The molecule has 1 atom stereocenters. The van der Waals surface area contributed by atoms with Crippen LogP contribution in [0, 0.1) is 5.92 Å². The van der Waals surface area contributed by atoms with E-state index in [1.165, 1.54) is 23.5 Å². The lowest BCUT2D eigenvalue weighted by Crippen LogP contribution is -2.42. The topological polar surface area (TPSA) is 92.8 Å². The number of anilines is 1. The highest BCUT2D eigenvalue weighted by Gasteiger charge is 2.33. The molecule has 1 saturated heterocycles. The normalized spacial score (nSPS) is 17.6. The largest absolute Gasteiger partial charge is 0.469 e. The van der Waals surface area contributed by atoms with Crippen molar-refractivity contribution in [3.05, 3.63) is 46.7 Å². The maximum Gasteiger partial charge on any atom is 0.309 e. The smallest absolute Gasteiger partial charge is 0.309 e. The molecule has 29 heavy (non-hydrogen) atoms. The van der Waals surface area contributed by atoms with E-state index in [4.69, 9.17) is 4.74 Å². The Balaban J connectivity index is 1.61. The van der Waals surface area contributed by atoms with Crippen LogP contribution in [0.1, 0.15) is 24.8 Å². The highest BCUT2D eigenvalue weighted by molar-refractivity contribution is 7.89. The van der Waals surface area contributed by atoms with Gasteiger partial charge in [0, 0.05) is 25.2 Å². The molecule has 9 heteroatoms. The maximum atomic E-state index is 12.9. The van der Waals surface area contributed by atoms with Crippen LogP contribution in [-0.2, 0) is 30.8 Å². The van der Waals surface area contributed by atoms with E-state index >= 15 is 0 Å². The third kappa shape index (κ3) is 5.43. The van der Waals surface area contributed by atoms with Crippen molar-refractivity contribution in [2.24, 2.45) is 5.92 Å². The summed E-state index contributed by atoms with van der Waals surface area (Å²) in [6, 6.07) is 8.11. The molecule has 1 aliphatic rings. The van der Waals surface area contributed by atoms with E-state index in [1.807, 2.05) is 16.8 Å². The molecule has 0 radical (unpaired) electrons. The van der Waals surface area contributed by atoms with E-state index in [9.17, 15) is 18.0 Å². The second kappa shape index (κ2) is 9.51. The van der Waals surface area contributed by atoms with Gasteiger partial charge in [-0.1, -0.05) is 0 Å². The highest BCUT2D eigenvalue weighted by atomic mass is 32.2. The Morgan fingerprint density at radius 3 is 2.66 bits per heavy atom. The summed E-state index contributed by atoms with van der Waals surface area (Å²) in [5, 5.41) is 6.77. The average molecular weight is 437 g/mol. The number of methoxy groups -OCH3 is 1. The summed E-state index contributed by atoms with van der Waals surface area (Å²) in [4.78, 5) is 24.0. The van der Waals surface area contributed by atoms with E-state index in [0.717, 1.165) is 5.56 Å². The van der Waals surface area contributed by atoms with Crippen molar-refractivity contribution in [3.8, 4) is 0 Å². The van der Waals surface area contributed by atoms with Crippen LogP contribution in [-0.4, -0.2) is 44.8 Å². The first-order valence-corrected chi connectivity index (χ1v) is 11.8. The van der Waals surface area contributed by atoms with Crippen molar-refractivity contribution in [3.63, 3.8) is 0 Å². The van der Waals surface area contributed by atoms with Gasteiger partial charge in [-0.2, -0.15) is 15.6 Å². The average Bonchev–Trinajstić information content (AvgIpc) is 3.26. The number of sulfonamides is 1. The summed E-state index contributed by atoms with van der Waals surface area (Å²) in [5.41, 5.74) is 1.67. The van der Waals surface area contributed by atoms with Crippen LogP contribution in [0.4, 0.5) is 5.69 Å². The molecule has 0 bridgehead atoms. The highest BCUT2D eigenvalue weighted by Crippen LogP contribution is 2.25. The summed E-state index contributed by atoms with van der Waals surface area (Å²) >= 11 is 1.60. The first kappa shape index (κ1) is 21.5. The van der Waals surface area contributed by atoms with Crippen molar-refractivity contribution in [1.29, 1.82) is 0 Å². The standard InChI is InChI=1S/C20H24N2O5S2/c1-27-20(24)16-3-2-11-22(13-16)29(25,26)18-7-5-17(6-8-18)21-19(23)9-4-15-10-12-28-14-15/h5-8,10,12,14,16H,2-4,9,11,13H2,1H3,(H,21,23). The Bertz CT molecular complexity index is 940. The minimum Gasteiger partial charge on any atom is -0.469 e. The first-order chi connectivity index (χ1) is 13.9. The molecule has 1 aromatic carbocycles. The number of ether oxygens (including phenoxy) is 1. The molecule has 1 fully saturated rings. The molecule has 0 saturated carbocycles. The van der Waals surface area contributed by atoms with Gasteiger partial charge >= 0.3 is 5.97 Å². The molecule has 0 aliphatic carbocycles. The van der Waals surface area contributed by atoms with Gasteiger partial charge in [-0.3, -0.25) is 9.59 Å². The third-order valence-corrected chi connectivity index (χ3v) is 7.53. The SMILES string of the molecule is COC(=O)C1CCCN(S(=O)(=O)c2ccc(NC(=O)CCc3ccsc3)cc2)C1. The molecule has 1 aliphatic heterocycles. The van der Waals surface area contributed by atoms with Crippen molar-refractivity contribution in [1.82, 2.24) is 4.31 Å². The van der Waals surface area contributed by atoms with Gasteiger partial charge in [0.15, 0.2) is 0 Å². The van der Waals surface area contributed by atoms with E-state index in [-0.39, 0.29) is 23.3 Å². The van der Waals surface area contributed by atoms with Crippen LogP contribution in [0.15, 0.2) is 46.0 Å². The number of carbonyl (C=O) groups excluding carboxylic acids is 2. The van der Waals surface area contributed by atoms with Crippen molar-refractivity contribution >= 4 is 38.9 Å². The van der Waals surface area contributed by atoms with E-state index in [0.29, 0.717) is 37.9 Å². The number of rotatable bonds is 7. The Hall–Kier alpha value is -2.23. The van der Waals surface area contributed by atoms with Crippen molar-refractivity contribution in [2.75, 3.05) is 25.5 Å². The van der Waals surface area contributed by atoms with Crippen LogP contribution >= 0.6 is 11.3 Å². The lowest BCUT2D eigenvalue weighted by atomic mass is 10.0. The molecule has 1 amide bonds. The first-order valence-electron chi connectivity index (χ1n) is 9.39. The molecule has 1 N–H and O–H groups in total. The number of benzene rings is 1. The number of carbonyl (C=O) groups is 2. The van der Waals surface area contributed by atoms with Crippen LogP contribution in [0.2, 0.25) is 0 Å². The molecular formula is C20H24N2O5S2. The van der Waals surface area contributed by atoms with Crippen LogP contribution in [0.5, 0.6) is 0 Å². The van der Waals surface area contributed by atoms with E-state index < -0.39 is 15.9 Å². The summed E-state index contributed by atoms with van der Waals surface area (Å²) in [5.74, 6) is -0.945. The lowest BCUT2D eigenvalue weighted by molar-refractivity contribution is -0.146. The Morgan fingerprint density at radius 1 is 1.24 bits per heavy atom. The molecule has 0 spiro atoms. The molecule has 1 aromatic heterocycles. The fourth-order valence-corrected chi connectivity index (χ4v) is 5.52. The van der Waals surface area contributed by atoms with Crippen molar-refractivity contribution in [2.45, 2.75) is 30.6 Å². The predicted molar refractivity (Wildman–Crippen MR) is 111 cm³/mol. The number of aryl methyl sites for hydroxylation is 1. The van der Waals surface area contributed by atoms with Gasteiger partial charge in [-0.05, 0) is 65.9 Å². The fraction of sp³-hybridized carbons (Fsp3) is 0.400. The molecule has 1 unspecified atom stereocenters. The second-order valence-corrected chi connectivity index (χ2v) is 9.65. The maximum absolute atomic E-state index is 12.9. The van der Waals surface area contributed by atoms with Gasteiger partial charge in [0.25, 0.3) is 0 Å². The molecule has 156 valence electrons. The zero-order chi connectivity index (χ0) is 20.9. The predicted octanol–water partition coefficient (Wildman–Crippen LogP) is 2.89. The van der Waals surface area contributed by atoms with Crippen molar-refractivity contribution < 1.29 is 22.7 Å². The van der Waals surface area contributed by atoms with Gasteiger partial charge < -0.3 is 10.1 Å². The van der Waals surface area contributed by atoms with Gasteiger partial charge in [-0.25, -0.2) is 8.42 Å². The monoisotopic (exact) mass is 436 g/mol. The number of nitrogens with zero attached hydrogens (tertiary/aromatic N) is 1. The Kier molecular flexibility index (Phi) is 7.05. The third-order valence-electron chi connectivity index (χ3n) is 4.92. The number of piperidine rings is 1. The molecule has 7 nitrogen and oxygen atoms in total. The van der Waals surface area contributed by atoms with Crippen LogP contribution in [0.25, 0.3) is 0 Å². The Morgan fingerprint density at radius 2 is 2.00 bits per heavy atom. The van der Waals surface area contributed by atoms with Gasteiger partial charge in [0.2, 0.25) is 15.9 Å². The number of thiophene rings is 1. The van der Waals surface area contributed by atoms with Gasteiger partial charge in [-0.15, -0.1) is 0 Å². The second-order valence-electron chi connectivity index (χ2n) is 6.93. The summed E-state index contributed by atoms with van der Waals surface area (Å²) in [6.07, 6.45) is 2.25. The minimum absolute atomic E-state index is 0.121. The van der Waals surface area contributed by atoms with Crippen LogP contribution in [0.3, 0.4) is 0 Å². The number of hydrogen-bond donors (Lipinski definition) is 1. The lowest BCUT2D eigenvalue weighted by Gasteiger charge is -2.30. The van der Waals surface area contributed by atoms with E-state index in [2.05, 4.69) is 5.32 Å². The molecule has 2 aromatic rings. The number of nitrogens with one attached hydrogen (secondary N) is 1. The molecule has 3 rings (SSSR count). The number of amides is 1. The summed E-state index contributed by atoms with van der Waals surface area (Å²) < 4.78 is 31.9. The zero-order valence-corrected chi connectivity index (χ0v) is 17.8. The molecule has 2 heterocycles. The minimum atomic E-state index is -3.71. The zero-order valence-electron chi connectivity index (χ0n) is 16.2. The molecular weight excluding hydrogens is 412 g/mol.